The van der Waals surface area contributed by atoms with E-state index in [-0.39, 0.29) is 35.6 Å². The fourth-order valence-corrected chi connectivity index (χ4v) is 14.5. The number of anilines is 2. The van der Waals surface area contributed by atoms with Crippen LogP contribution in [0.15, 0.2) is 172 Å². The molecule has 15 aromatic rings. The maximum atomic E-state index is 12.9. The summed E-state index contributed by atoms with van der Waals surface area (Å²) < 4.78 is 19.8. The van der Waals surface area contributed by atoms with Crippen molar-refractivity contribution < 1.29 is 29.0 Å². The Kier molecular flexibility index (Phi) is 28.5. The number of esters is 1. The third kappa shape index (κ3) is 23.3. The lowest BCUT2D eigenvalue weighted by atomic mass is 10.0. The van der Waals surface area contributed by atoms with Crippen LogP contribution in [-0.2, 0) is 4.74 Å². The van der Waals surface area contributed by atoms with E-state index in [0.29, 0.717) is 98.9 Å². The molecule has 37 heteroatoms. The number of amides is 2. The van der Waals surface area contributed by atoms with Gasteiger partial charge in [0.25, 0.3) is 11.8 Å². The highest BCUT2D eigenvalue weighted by Crippen LogP contribution is 2.41. The molecule has 662 valence electrons. The minimum absolute atomic E-state index is 0.0646. The molecule has 129 heavy (non-hydrogen) atoms. The van der Waals surface area contributed by atoms with Gasteiger partial charge in [-0.2, -0.15) is 25.5 Å². The van der Waals surface area contributed by atoms with Gasteiger partial charge in [0, 0.05) is 99.6 Å². The number of ether oxygens (including phenoxy) is 1. The largest absolute Gasteiger partial charge is 0.477 e. The molecule has 5 saturated carbocycles. The Balaban J connectivity index is 0.000000123. The molecule has 0 bridgehead atoms. The van der Waals surface area contributed by atoms with Crippen LogP contribution in [0.3, 0.4) is 0 Å². The Morgan fingerprint density at radius 1 is 0.434 bits per heavy atom. The lowest BCUT2D eigenvalue weighted by Gasteiger charge is -2.10. The van der Waals surface area contributed by atoms with Gasteiger partial charge in [-0.05, 0) is 305 Å². The van der Waals surface area contributed by atoms with Crippen LogP contribution in [0.25, 0.3) is 78.7 Å². The number of rotatable bonds is 23. The Labute approximate surface area is 767 Å². The molecule has 5 aliphatic rings. The van der Waals surface area contributed by atoms with Crippen LogP contribution in [0.4, 0.5) is 11.6 Å². The zero-order chi connectivity index (χ0) is 90.7. The van der Waals surface area contributed by atoms with Gasteiger partial charge in [-0.3, -0.25) is 43.0 Å². The van der Waals surface area contributed by atoms with E-state index in [1.54, 1.807) is 113 Å². The number of pyridine rings is 8. The molecule has 5 aliphatic carbocycles. The zero-order valence-electron chi connectivity index (χ0n) is 73.1. The van der Waals surface area contributed by atoms with Crippen LogP contribution >= 0.6 is 45.8 Å². The van der Waals surface area contributed by atoms with Gasteiger partial charge in [0.2, 0.25) is 11.6 Å². The van der Waals surface area contributed by atoms with E-state index in [0.717, 1.165) is 99.9 Å². The SMILES string of the molecule is CCCCOC(=O)c1cc(-c2cnn(C3CC3)c2)c(C)cn1.Cc1cnc(C(=O)Nc2cccc(-c3nnnn3C(C)C)n2)cc1-c1cnn(C2CC2)c1.Cc1cnc(C(=O)Nc2cccc(-c3nnnn3C(C)C)n2)cc1-c1cnn(C2CC2)c1.Cc1cnc(C(=O)O)cc1-c1cnn(C2CC2)c1.Cc1cnc(Cl)cc1-c1cnn(C2CC2)c1.Cc1cnc(Cl)cc1I. The first-order valence-electron chi connectivity index (χ1n) is 42.8. The Bertz CT molecular complexity index is 6330. The Morgan fingerprint density at radius 3 is 1.09 bits per heavy atom. The molecule has 34 nitrogen and oxygen atoms in total. The lowest BCUT2D eigenvalue weighted by Crippen LogP contribution is -2.15. The second kappa shape index (κ2) is 40.7. The van der Waals surface area contributed by atoms with Crippen molar-refractivity contribution in [1.29, 1.82) is 0 Å². The average molecular weight is 1890 g/mol. The minimum Gasteiger partial charge on any atom is -0.477 e. The minimum atomic E-state index is -1.01. The lowest BCUT2D eigenvalue weighted by molar-refractivity contribution is 0.0492. The number of unbranched alkanes of at least 4 members (excludes halogenated alkanes) is 1. The predicted molar refractivity (Wildman–Crippen MR) is 495 cm³/mol. The number of aryl methyl sites for hydroxylation is 6. The van der Waals surface area contributed by atoms with Gasteiger partial charge in [-0.15, -0.1) is 10.2 Å². The first-order chi connectivity index (χ1) is 62.3. The first kappa shape index (κ1) is 90.4. The number of tetrazole rings is 2. The third-order valence-electron chi connectivity index (χ3n) is 21.7. The van der Waals surface area contributed by atoms with Gasteiger partial charge < -0.3 is 20.5 Å². The molecule has 3 N–H and O–H groups in total. The average Bonchev–Trinajstić information content (AvgIpc) is 1.68. The van der Waals surface area contributed by atoms with Crippen molar-refractivity contribution in [1.82, 2.24) is 129 Å². The standard InChI is InChI=1S/2C22H23N9O.C17H21N3O2.C13H13N3O2.C12H12ClN3.C6H5ClIN/c2*1-13(2)31-21(27-28-29-31)18-5-4-6-20(25-18)26-22(32)19-9-17(14(3)10-23-19)15-11-24-30(12-15)16-7-8-16;1-3-4-7-22-17(21)16-8-15(12(2)9-18-16)13-10-19-20(11-13)14-5-6-14;1-8-5-14-12(13(17)18)4-11(8)9-6-15-16(7-9)10-2-3-10;1-8-5-14-12(13)4-11(8)9-6-15-16(7-9)10-2-3-10;1-4-3-9-6(7)2-5(4)8/h2*4-6,9-13,16H,7-8H2,1-3H3,(H,25,26,32);8-11,14H,3-7H2,1-2H3;4-7,10H,2-3H2,1H3,(H,17,18);4-7,10H,2-3H2,1H3;2-3H,1H3. The summed E-state index contributed by atoms with van der Waals surface area (Å²) in [4.78, 5) is 82.5. The van der Waals surface area contributed by atoms with Crippen molar-refractivity contribution in [3.63, 3.8) is 0 Å². The van der Waals surface area contributed by atoms with E-state index in [1.165, 1.54) is 69.8 Å². The van der Waals surface area contributed by atoms with Crippen molar-refractivity contribution in [3.8, 4) is 78.7 Å². The Morgan fingerprint density at radius 2 is 0.752 bits per heavy atom. The van der Waals surface area contributed by atoms with Crippen LogP contribution in [0.5, 0.6) is 0 Å². The fraction of sp³-hybridized carbons (Fsp3) is 0.337. The number of nitrogens with zero attached hydrogens (tertiary/aromatic N) is 26. The third-order valence-corrected chi connectivity index (χ3v) is 23.3. The molecule has 15 heterocycles. The molecule has 20 rings (SSSR count). The summed E-state index contributed by atoms with van der Waals surface area (Å²) in [6.07, 6.45) is 43.5. The highest BCUT2D eigenvalue weighted by atomic mass is 127. The molecule has 15 aromatic heterocycles. The van der Waals surface area contributed by atoms with Crippen molar-refractivity contribution in [2.75, 3.05) is 17.2 Å². The van der Waals surface area contributed by atoms with Gasteiger partial charge in [0.1, 0.15) is 56.1 Å². The summed E-state index contributed by atoms with van der Waals surface area (Å²) in [7, 11) is 0. The number of nitrogens with one attached hydrogen (secondary N) is 2. The quantitative estimate of drug-likeness (QED) is 0.0232. The number of aromatic nitrogens is 26. The smallest absolute Gasteiger partial charge is 0.356 e. The number of aromatic carboxylic acids is 1. The maximum Gasteiger partial charge on any atom is 0.356 e. The van der Waals surface area contributed by atoms with E-state index in [1.807, 2.05) is 154 Å². The monoisotopic (exact) mass is 1890 g/mol. The molecular formula is C92H97Cl2IN28O6. The van der Waals surface area contributed by atoms with E-state index in [4.69, 9.17) is 33.0 Å². The number of halogens is 3. The van der Waals surface area contributed by atoms with E-state index in [9.17, 15) is 19.2 Å². The van der Waals surface area contributed by atoms with Crippen molar-refractivity contribution >= 4 is 81.2 Å². The van der Waals surface area contributed by atoms with Gasteiger partial charge >= 0.3 is 11.9 Å². The number of carbonyl (C=O) groups excluding carboxylic acids is 3. The molecule has 0 aliphatic heterocycles. The van der Waals surface area contributed by atoms with Crippen molar-refractivity contribution in [2.45, 2.75) is 196 Å². The van der Waals surface area contributed by atoms with Crippen LogP contribution < -0.4 is 10.6 Å². The van der Waals surface area contributed by atoms with Gasteiger partial charge in [-0.1, -0.05) is 48.7 Å². The van der Waals surface area contributed by atoms with Gasteiger partial charge in [0.15, 0.2) is 0 Å². The second-order valence-corrected chi connectivity index (χ2v) is 34.9. The number of carbonyl (C=O) groups is 4. The van der Waals surface area contributed by atoms with Crippen molar-refractivity contribution in [2.24, 2.45) is 0 Å². The number of hydrogen-bond acceptors (Lipinski definition) is 24. The first-order valence-corrected chi connectivity index (χ1v) is 44.6. The normalized spacial score (nSPS) is 13.7. The fourth-order valence-electron chi connectivity index (χ4n) is 13.6. The summed E-state index contributed by atoms with van der Waals surface area (Å²) in [6.45, 7) is 22.4. The van der Waals surface area contributed by atoms with Crippen LogP contribution in [0.2, 0.25) is 10.3 Å². The van der Waals surface area contributed by atoms with Crippen LogP contribution in [0.1, 0.15) is 229 Å². The zero-order valence-corrected chi connectivity index (χ0v) is 76.8. The number of carboxylic acids is 1. The summed E-state index contributed by atoms with van der Waals surface area (Å²) in [5.41, 5.74) is 18.4. The molecule has 0 aromatic carbocycles. The summed E-state index contributed by atoms with van der Waals surface area (Å²) in [5.74, 6) is -0.162. The molecule has 0 unspecified atom stereocenters. The van der Waals surface area contributed by atoms with Crippen LogP contribution in [0, 0.1) is 45.1 Å². The second-order valence-electron chi connectivity index (χ2n) is 32.9. The van der Waals surface area contributed by atoms with E-state index < -0.39 is 5.97 Å². The van der Waals surface area contributed by atoms with Gasteiger partial charge in [-0.25, -0.2) is 48.9 Å². The maximum absolute atomic E-state index is 12.9. The van der Waals surface area contributed by atoms with E-state index >= 15 is 0 Å². The molecular weight excluding hydrogens is 1790 g/mol. The molecule has 5 fully saturated rings. The summed E-state index contributed by atoms with van der Waals surface area (Å²) in [6, 6.07) is 24.3. The topological polar surface area (TPSA) is 401 Å². The Hall–Kier alpha value is -13.4. The summed E-state index contributed by atoms with van der Waals surface area (Å²) >= 11 is 13.7. The predicted octanol–water partition coefficient (Wildman–Crippen LogP) is 18.7. The molecule has 0 saturated heterocycles. The number of hydrogen-bond donors (Lipinski definition) is 3. The number of carboxylic acid groups (broad SMARTS) is 1. The molecule has 0 spiro atoms. The van der Waals surface area contributed by atoms with Crippen LogP contribution in [-0.4, -0.2) is 165 Å². The van der Waals surface area contributed by atoms with E-state index in [2.05, 4.69) is 143 Å². The van der Waals surface area contributed by atoms with Crippen molar-refractivity contribution in [3.05, 3.63) is 242 Å². The molecule has 0 atom stereocenters. The summed E-state index contributed by atoms with van der Waals surface area (Å²) in [5, 5.41) is 61.4. The van der Waals surface area contributed by atoms with Gasteiger partial charge in [0.05, 0.1) is 79.9 Å². The molecule has 0 radical (unpaired) electrons. The highest BCUT2D eigenvalue weighted by Gasteiger charge is 2.30. The highest BCUT2D eigenvalue weighted by molar-refractivity contribution is 14.1. The molecule has 2 amide bonds.